The van der Waals surface area contributed by atoms with Crippen LogP contribution in [0.25, 0.3) is 0 Å². The van der Waals surface area contributed by atoms with E-state index in [2.05, 4.69) is 4.98 Å². The fourth-order valence-electron chi connectivity index (χ4n) is 2.80. The Bertz CT molecular complexity index is 692. The Morgan fingerprint density at radius 1 is 1.25 bits per heavy atom. The highest BCUT2D eigenvalue weighted by atomic mass is 32.2. The quantitative estimate of drug-likeness (QED) is 0.945. The van der Waals surface area contributed by atoms with Gasteiger partial charge in [-0.1, -0.05) is 12.1 Å². The van der Waals surface area contributed by atoms with E-state index in [1.54, 1.807) is 22.5 Å². The van der Waals surface area contributed by atoms with E-state index in [4.69, 9.17) is 0 Å². The topological polar surface area (TPSA) is 53.2 Å². The number of rotatable bonds is 3. The van der Waals surface area contributed by atoms with Crippen LogP contribution in [0.1, 0.15) is 30.1 Å². The van der Waals surface area contributed by atoms with Crippen molar-refractivity contribution in [2.24, 2.45) is 0 Å². The summed E-state index contributed by atoms with van der Waals surface area (Å²) in [6.07, 6.45) is 3.60. The normalized spacial score (nSPS) is 20.4. The Balaban J connectivity index is 1.98. The summed E-state index contributed by atoms with van der Waals surface area (Å²) in [6, 6.07) is 10.9. The maximum Gasteiger partial charge on any atom is 0.243 e. The molecule has 1 atom stereocenters. The Hall–Kier alpha value is -1.59. The summed E-state index contributed by atoms with van der Waals surface area (Å²) >= 11 is 0. The number of nitrogens with one attached hydrogen (secondary N) is 1. The van der Waals surface area contributed by atoms with Crippen molar-refractivity contribution in [3.8, 4) is 0 Å². The zero-order valence-electron chi connectivity index (χ0n) is 11.4. The van der Waals surface area contributed by atoms with Gasteiger partial charge in [-0.3, -0.25) is 0 Å². The molecule has 4 nitrogen and oxygen atoms in total. The number of aromatic nitrogens is 1. The molecule has 0 spiro atoms. The third kappa shape index (κ3) is 2.27. The van der Waals surface area contributed by atoms with Crippen LogP contribution in [-0.2, 0) is 10.0 Å². The first-order chi connectivity index (χ1) is 9.59. The number of benzene rings is 1. The first kappa shape index (κ1) is 13.4. The summed E-state index contributed by atoms with van der Waals surface area (Å²) in [5, 5.41) is 0. The average Bonchev–Trinajstić information content (AvgIpc) is 3.09. The molecule has 0 saturated carbocycles. The summed E-state index contributed by atoms with van der Waals surface area (Å²) in [6.45, 7) is 2.49. The number of aryl methyl sites for hydroxylation is 1. The molecule has 1 aliphatic rings. The second-order valence-electron chi connectivity index (χ2n) is 5.22. The largest absolute Gasteiger partial charge is 0.364 e. The number of hydrogen-bond acceptors (Lipinski definition) is 2. The number of nitrogens with zero attached hydrogens (tertiary/aromatic N) is 1. The zero-order valence-corrected chi connectivity index (χ0v) is 12.2. The van der Waals surface area contributed by atoms with Gasteiger partial charge in [-0.15, -0.1) is 0 Å². The van der Waals surface area contributed by atoms with Gasteiger partial charge in [0.1, 0.15) is 0 Å². The molecular weight excluding hydrogens is 272 g/mol. The van der Waals surface area contributed by atoms with Crippen LogP contribution >= 0.6 is 0 Å². The van der Waals surface area contributed by atoms with Gasteiger partial charge >= 0.3 is 0 Å². The summed E-state index contributed by atoms with van der Waals surface area (Å²) in [5.74, 6) is 0. The van der Waals surface area contributed by atoms with E-state index in [1.165, 1.54) is 0 Å². The number of hydrogen-bond donors (Lipinski definition) is 1. The maximum atomic E-state index is 12.8. The van der Waals surface area contributed by atoms with Gasteiger partial charge in [0, 0.05) is 18.4 Å². The Morgan fingerprint density at radius 3 is 2.80 bits per heavy atom. The first-order valence-corrected chi connectivity index (χ1v) is 8.25. The van der Waals surface area contributed by atoms with Crippen molar-refractivity contribution < 1.29 is 8.42 Å². The molecule has 0 aliphatic carbocycles. The second-order valence-corrected chi connectivity index (χ2v) is 7.11. The molecule has 0 amide bonds. The fraction of sp³-hybridized carbons (Fsp3) is 0.333. The van der Waals surface area contributed by atoms with Gasteiger partial charge in [0.05, 0.1) is 10.9 Å². The van der Waals surface area contributed by atoms with Crippen molar-refractivity contribution in [3.63, 3.8) is 0 Å². The lowest BCUT2D eigenvalue weighted by molar-refractivity contribution is 0.391. The molecule has 2 aromatic rings. The smallest absolute Gasteiger partial charge is 0.243 e. The highest BCUT2D eigenvalue weighted by molar-refractivity contribution is 7.89. The van der Waals surface area contributed by atoms with Crippen LogP contribution in [0.4, 0.5) is 0 Å². The van der Waals surface area contributed by atoms with Crippen molar-refractivity contribution in [1.29, 1.82) is 0 Å². The molecule has 0 radical (unpaired) electrons. The molecule has 1 aromatic heterocycles. The summed E-state index contributed by atoms with van der Waals surface area (Å²) in [4.78, 5) is 3.52. The molecule has 1 N–H and O–H groups in total. The molecule has 5 heteroatoms. The van der Waals surface area contributed by atoms with E-state index >= 15 is 0 Å². The third-order valence-corrected chi connectivity index (χ3v) is 5.68. The van der Waals surface area contributed by atoms with Crippen molar-refractivity contribution in [2.75, 3.05) is 6.54 Å². The van der Waals surface area contributed by atoms with Crippen LogP contribution in [0, 0.1) is 6.92 Å². The van der Waals surface area contributed by atoms with Gasteiger partial charge < -0.3 is 4.98 Å². The number of sulfonamides is 1. The fourth-order valence-corrected chi connectivity index (χ4v) is 4.58. The van der Waals surface area contributed by atoms with Gasteiger partial charge in [-0.25, -0.2) is 8.42 Å². The standard InChI is InChI=1S/C15H18N2O2S/c1-12-5-2-6-13(11-12)20(18,19)17-10-4-8-15(17)14-7-3-9-16-14/h2-3,5-7,9,11,15-16H,4,8,10H2,1H3. The Labute approximate surface area is 119 Å². The van der Waals surface area contributed by atoms with E-state index in [9.17, 15) is 8.42 Å². The van der Waals surface area contributed by atoms with Gasteiger partial charge in [0.2, 0.25) is 10.0 Å². The molecule has 1 aliphatic heterocycles. The van der Waals surface area contributed by atoms with Crippen LogP contribution in [0.5, 0.6) is 0 Å². The van der Waals surface area contributed by atoms with Crippen molar-refractivity contribution in [2.45, 2.75) is 30.7 Å². The minimum absolute atomic E-state index is 0.0736. The molecule has 1 aromatic carbocycles. The molecule has 3 rings (SSSR count). The van der Waals surface area contributed by atoms with E-state index in [-0.39, 0.29) is 6.04 Å². The van der Waals surface area contributed by atoms with Crippen molar-refractivity contribution >= 4 is 10.0 Å². The zero-order chi connectivity index (χ0) is 14.2. The lowest BCUT2D eigenvalue weighted by Crippen LogP contribution is -2.30. The molecule has 2 heterocycles. The molecule has 1 unspecified atom stereocenters. The molecular formula is C15H18N2O2S. The minimum atomic E-state index is -3.42. The summed E-state index contributed by atoms with van der Waals surface area (Å²) in [7, 11) is -3.42. The average molecular weight is 290 g/mol. The van der Waals surface area contributed by atoms with E-state index < -0.39 is 10.0 Å². The monoisotopic (exact) mass is 290 g/mol. The van der Waals surface area contributed by atoms with Gasteiger partial charge in [-0.2, -0.15) is 4.31 Å². The van der Waals surface area contributed by atoms with Gasteiger partial charge in [0.15, 0.2) is 0 Å². The number of aromatic amines is 1. The lowest BCUT2D eigenvalue weighted by atomic mass is 10.2. The van der Waals surface area contributed by atoms with E-state index in [0.29, 0.717) is 11.4 Å². The van der Waals surface area contributed by atoms with E-state index in [1.807, 2.05) is 31.3 Å². The molecule has 1 fully saturated rings. The van der Waals surface area contributed by atoms with Crippen LogP contribution in [0.3, 0.4) is 0 Å². The van der Waals surface area contributed by atoms with Crippen molar-refractivity contribution in [1.82, 2.24) is 9.29 Å². The van der Waals surface area contributed by atoms with Crippen LogP contribution in [0.15, 0.2) is 47.5 Å². The molecule has 0 bridgehead atoms. The first-order valence-electron chi connectivity index (χ1n) is 6.81. The highest BCUT2D eigenvalue weighted by Crippen LogP contribution is 2.35. The van der Waals surface area contributed by atoms with Crippen molar-refractivity contribution in [3.05, 3.63) is 53.9 Å². The van der Waals surface area contributed by atoms with Gasteiger partial charge in [-0.05, 0) is 49.6 Å². The third-order valence-electron chi connectivity index (χ3n) is 3.78. The van der Waals surface area contributed by atoms with Crippen LogP contribution < -0.4 is 0 Å². The number of H-pyrrole nitrogens is 1. The Morgan fingerprint density at radius 2 is 2.10 bits per heavy atom. The predicted octanol–water partition coefficient (Wildman–Crippen LogP) is 2.85. The predicted molar refractivity (Wildman–Crippen MR) is 77.8 cm³/mol. The SMILES string of the molecule is Cc1cccc(S(=O)(=O)N2CCCC2c2ccc[nH]2)c1. The molecule has 106 valence electrons. The molecule has 1 saturated heterocycles. The molecule has 20 heavy (non-hydrogen) atoms. The summed E-state index contributed by atoms with van der Waals surface area (Å²) in [5.41, 5.74) is 1.93. The Kier molecular flexibility index (Phi) is 3.40. The second kappa shape index (κ2) is 5.07. The lowest BCUT2D eigenvalue weighted by Gasteiger charge is -2.23. The highest BCUT2D eigenvalue weighted by Gasteiger charge is 2.36. The summed E-state index contributed by atoms with van der Waals surface area (Å²) < 4.78 is 27.2. The minimum Gasteiger partial charge on any atom is -0.364 e. The van der Waals surface area contributed by atoms with Gasteiger partial charge in [0.25, 0.3) is 0 Å². The van der Waals surface area contributed by atoms with Crippen LogP contribution in [0.2, 0.25) is 0 Å². The van der Waals surface area contributed by atoms with E-state index in [0.717, 1.165) is 24.1 Å². The van der Waals surface area contributed by atoms with Crippen LogP contribution in [-0.4, -0.2) is 24.3 Å². The maximum absolute atomic E-state index is 12.8.